The smallest absolute Gasteiger partial charge is 0.173 e. The summed E-state index contributed by atoms with van der Waals surface area (Å²) in [6.45, 7) is 2.28. The quantitative estimate of drug-likeness (QED) is 0.826. The van der Waals surface area contributed by atoms with Gasteiger partial charge in [-0.25, -0.2) is 0 Å². The van der Waals surface area contributed by atoms with Gasteiger partial charge < -0.3 is 9.47 Å². The number of carbonyl (C=O) groups excluding carboxylic acids is 1. The van der Waals surface area contributed by atoms with Crippen molar-refractivity contribution in [2.45, 2.75) is 39.0 Å². The van der Waals surface area contributed by atoms with E-state index >= 15 is 0 Å². The Bertz CT molecular complexity index is 539. The Kier molecular flexibility index (Phi) is 3.23. The molecule has 3 rings (SSSR count). The van der Waals surface area contributed by atoms with Crippen molar-refractivity contribution in [3.63, 3.8) is 0 Å². The Morgan fingerprint density at radius 3 is 2.30 bits per heavy atom. The van der Waals surface area contributed by atoms with Crippen molar-refractivity contribution in [3.8, 4) is 11.5 Å². The molecule has 1 aromatic rings. The number of ether oxygens (including phenoxy) is 2. The van der Waals surface area contributed by atoms with Gasteiger partial charge in [0.2, 0.25) is 0 Å². The number of rotatable bonds is 2. The van der Waals surface area contributed by atoms with E-state index in [4.69, 9.17) is 9.47 Å². The molecule has 0 radical (unpaired) electrons. The van der Waals surface area contributed by atoms with Gasteiger partial charge >= 0.3 is 0 Å². The molecule has 0 amide bonds. The van der Waals surface area contributed by atoms with Crippen LogP contribution in [0.5, 0.6) is 11.5 Å². The van der Waals surface area contributed by atoms with E-state index in [2.05, 4.69) is 6.92 Å². The summed E-state index contributed by atoms with van der Waals surface area (Å²) in [5.74, 6) is 2.53. The second-order valence-electron chi connectivity index (χ2n) is 6.29. The molecule has 0 heterocycles. The van der Waals surface area contributed by atoms with Gasteiger partial charge in [0.05, 0.1) is 19.8 Å². The standard InChI is InChI=1S/C17H22O3/c1-11-6-8-17(9-7-11)10-12-13(19-2)4-5-14(20-3)15(12)16(17)18/h4-5,11H,6-10H2,1-3H3. The summed E-state index contributed by atoms with van der Waals surface area (Å²) in [4.78, 5) is 13.0. The molecule has 0 aliphatic heterocycles. The normalized spacial score (nSPS) is 28.6. The Morgan fingerprint density at radius 1 is 1.10 bits per heavy atom. The minimum atomic E-state index is -0.198. The fourth-order valence-corrected chi connectivity index (χ4v) is 3.80. The first kappa shape index (κ1) is 13.5. The number of methoxy groups -OCH3 is 2. The third-order valence-corrected chi connectivity index (χ3v) is 5.13. The molecule has 108 valence electrons. The van der Waals surface area contributed by atoms with Crippen molar-refractivity contribution in [3.05, 3.63) is 23.3 Å². The number of hydrogen-bond acceptors (Lipinski definition) is 3. The molecule has 0 N–H and O–H groups in total. The maximum atomic E-state index is 13.0. The number of carbonyl (C=O) groups is 1. The van der Waals surface area contributed by atoms with Crippen LogP contribution in [0.1, 0.15) is 48.5 Å². The predicted octanol–water partition coefficient (Wildman–Crippen LogP) is 3.64. The van der Waals surface area contributed by atoms with Gasteiger partial charge in [0.25, 0.3) is 0 Å². The topological polar surface area (TPSA) is 35.5 Å². The second kappa shape index (κ2) is 4.80. The van der Waals surface area contributed by atoms with E-state index < -0.39 is 0 Å². The van der Waals surface area contributed by atoms with E-state index in [0.29, 0.717) is 5.75 Å². The van der Waals surface area contributed by atoms with Gasteiger partial charge in [-0.05, 0) is 50.2 Å². The van der Waals surface area contributed by atoms with Crippen LogP contribution in [-0.2, 0) is 6.42 Å². The lowest BCUT2D eigenvalue weighted by Crippen LogP contribution is -2.32. The molecule has 20 heavy (non-hydrogen) atoms. The SMILES string of the molecule is COc1ccc(OC)c2c1CC1(CCC(C)CC1)C2=O. The average Bonchev–Trinajstić information content (AvgIpc) is 2.75. The fraction of sp³-hybridized carbons (Fsp3) is 0.588. The fourth-order valence-electron chi connectivity index (χ4n) is 3.80. The number of Topliss-reactive ketones (excluding diaryl/α,β-unsaturated/α-hetero) is 1. The molecule has 0 unspecified atom stereocenters. The van der Waals surface area contributed by atoms with E-state index in [-0.39, 0.29) is 11.2 Å². The van der Waals surface area contributed by atoms with Gasteiger partial charge in [0.15, 0.2) is 5.78 Å². The molecule has 2 aliphatic carbocycles. The summed E-state index contributed by atoms with van der Waals surface area (Å²) in [6.07, 6.45) is 5.09. The number of benzene rings is 1. The first-order valence-corrected chi connectivity index (χ1v) is 7.40. The molecule has 3 nitrogen and oxygen atoms in total. The van der Waals surface area contributed by atoms with Gasteiger partial charge in [-0.2, -0.15) is 0 Å². The highest BCUT2D eigenvalue weighted by molar-refractivity contribution is 6.07. The third-order valence-electron chi connectivity index (χ3n) is 5.13. The maximum absolute atomic E-state index is 13.0. The maximum Gasteiger partial charge on any atom is 0.173 e. The highest BCUT2D eigenvalue weighted by atomic mass is 16.5. The lowest BCUT2D eigenvalue weighted by atomic mass is 9.68. The van der Waals surface area contributed by atoms with Crippen LogP contribution in [0.15, 0.2) is 12.1 Å². The highest BCUT2D eigenvalue weighted by Crippen LogP contribution is 2.52. The zero-order chi connectivity index (χ0) is 14.3. The van der Waals surface area contributed by atoms with Crippen molar-refractivity contribution in [2.75, 3.05) is 14.2 Å². The lowest BCUT2D eigenvalue weighted by Gasteiger charge is -2.34. The van der Waals surface area contributed by atoms with E-state index in [1.54, 1.807) is 14.2 Å². The zero-order valence-electron chi connectivity index (χ0n) is 12.5. The zero-order valence-corrected chi connectivity index (χ0v) is 12.5. The summed E-state index contributed by atoms with van der Waals surface area (Å²) < 4.78 is 10.9. The molecule has 1 fully saturated rings. The molecule has 1 saturated carbocycles. The molecule has 0 atom stereocenters. The Hall–Kier alpha value is -1.51. The van der Waals surface area contributed by atoms with Crippen LogP contribution in [0.4, 0.5) is 0 Å². The van der Waals surface area contributed by atoms with Crippen molar-refractivity contribution in [2.24, 2.45) is 11.3 Å². The van der Waals surface area contributed by atoms with Crippen molar-refractivity contribution in [1.82, 2.24) is 0 Å². The first-order chi connectivity index (χ1) is 9.61. The molecule has 0 aromatic heterocycles. The summed E-state index contributed by atoms with van der Waals surface area (Å²) in [6, 6.07) is 3.76. The molecule has 1 aromatic carbocycles. The first-order valence-electron chi connectivity index (χ1n) is 7.40. The predicted molar refractivity (Wildman–Crippen MR) is 77.6 cm³/mol. The van der Waals surface area contributed by atoms with Crippen molar-refractivity contribution >= 4 is 5.78 Å². The van der Waals surface area contributed by atoms with Crippen LogP contribution in [0.2, 0.25) is 0 Å². The van der Waals surface area contributed by atoms with Crippen LogP contribution >= 0.6 is 0 Å². The second-order valence-corrected chi connectivity index (χ2v) is 6.29. The highest BCUT2D eigenvalue weighted by Gasteiger charge is 2.49. The molecule has 2 aliphatic rings. The summed E-state index contributed by atoms with van der Waals surface area (Å²) in [5.41, 5.74) is 1.62. The van der Waals surface area contributed by atoms with Gasteiger partial charge in [0.1, 0.15) is 11.5 Å². The van der Waals surface area contributed by atoms with Crippen molar-refractivity contribution < 1.29 is 14.3 Å². The Balaban J connectivity index is 2.05. The van der Waals surface area contributed by atoms with E-state index in [0.717, 1.165) is 54.9 Å². The van der Waals surface area contributed by atoms with Crippen LogP contribution < -0.4 is 9.47 Å². The molecular weight excluding hydrogens is 252 g/mol. The van der Waals surface area contributed by atoms with Gasteiger partial charge in [-0.1, -0.05) is 6.92 Å². The van der Waals surface area contributed by atoms with E-state index in [1.165, 1.54) is 0 Å². The minimum Gasteiger partial charge on any atom is -0.496 e. The van der Waals surface area contributed by atoms with E-state index in [9.17, 15) is 4.79 Å². The number of hydrogen-bond donors (Lipinski definition) is 0. The van der Waals surface area contributed by atoms with E-state index in [1.807, 2.05) is 12.1 Å². The minimum absolute atomic E-state index is 0.198. The molecule has 1 spiro atoms. The lowest BCUT2D eigenvalue weighted by molar-refractivity contribution is 0.0711. The third kappa shape index (κ3) is 1.83. The molecular formula is C17H22O3. The average molecular weight is 274 g/mol. The summed E-state index contributed by atoms with van der Waals surface area (Å²) in [5, 5.41) is 0. The number of fused-ring (bicyclic) bond motifs is 1. The molecule has 0 bridgehead atoms. The van der Waals surface area contributed by atoms with Crippen molar-refractivity contribution in [1.29, 1.82) is 0 Å². The largest absolute Gasteiger partial charge is 0.496 e. The monoisotopic (exact) mass is 274 g/mol. The number of ketones is 1. The molecule has 3 heteroatoms. The van der Waals surface area contributed by atoms with Gasteiger partial charge in [0, 0.05) is 11.0 Å². The van der Waals surface area contributed by atoms with Crippen LogP contribution in [0.25, 0.3) is 0 Å². The van der Waals surface area contributed by atoms with Crippen LogP contribution in [0, 0.1) is 11.3 Å². The van der Waals surface area contributed by atoms with Crippen LogP contribution in [0.3, 0.4) is 0 Å². The Morgan fingerprint density at radius 2 is 1.70 bits per heavy atom. The summed E-state index contributed by atoms with van der Waals surface area (Å²) >= 11 is 0. The van der Waals surface area contributed by atoms with Crippen LogP contribution in [-0.4, -0.2) is 20.0 Å². The van der Waals surface area contributed by atoms with Gasteiger partial charge in [-0.15, -0.1) is 0 Å². The summed E-state index contributed by atoms with van der Waals surface area (Å²) in [7, 11) is 3.30. The Labute approximate surface area is 120 Å². The van der Waals surface area contributed by atoms with Gasteiger partial charge in [-0.3, -0.25) is 4.79 Å². The molecule has 0 saturated heterocycles.